The van der Waals surface area contributed by atoms with Crippen LogP contribution in [0.2, 0.25) is 0 Å². The minimum atomic E-state index is -1.10. The summed E-state index contributed by atoms with van der Waals surface area (Å²) in [7, 11) is 0. The van der Waals surface area contributed by atoms with Crippen LogP contribution >= 0.6 is 15.9 Å². The van der Waals surface area contributed by atoms with E-state index in [0.717, 1.165) is 12.1 Å². The standard InChI is InChI=1S/C8H5BrF2O2/c9-8(12-4-13-8)5-1-2-6(10)7(11)3-5/h1-3H,4H2. The van der Waals surface area contributed by atoms with Gasteiger partial charge in [0.1, 0.15) is 0 Å². The summed E-state index contributed by atoms with van der Waals surface area (Å²) >= 11 is 3.10. The lowest BCUT2D eigenvalue weighted by molar-refractivity contribution is -0.349. The van der Waals surface area contributed by atoms with Gasteiger partial charge < -0.3 is 9.47 Å². The highest BCUT2D eigenvalue weighted by Gasteiger charge is 2.39. The molecule has 1 saturated heterocycles. The van der Waals surface area contributed by atoms with Crippen molar-refractivity contribution < 1.29 is 18.3 Å². The Bertz CT molecular complexity index is 339. The molecule has 0 aliphatic carbocycles. The third-order valence-corrected chi connectivity index (χ3v) is 2.67. The van der Waals surface area contributed by atoms with Crippen molar-refractivity contribution in [2.75, 3.05) is 6.79 Å². The van der Waals surface area contributed by atoms with E-state index in [4.69, 9.17) is 9.47 Å². The second kappa shape index (κ2) is 3.01. The van der Waals surface area contributed by atoms with Crippen LogP contribution in [0.5, 0.6) is 0 Å². The molecular formula is C8H5BrF2O2. The molecule has 1 aromatic rings. The SMILES string of the molecule is Fc1ccc(C2(Br)OCO2)cc1F. The van der Waals surface area contributed by atoms with Gasteiger partial charge in [0.2, 0.25) is 0 Å². The molecule has 0 bridgehead atoms. The molecule has 1 aliphatic rings. The van der Waals surface area contributed by atoms with Gasteiger partial charge in [0.05, 0.1) is 0 Å². The van der Waals surface area contributed by atoms with Crippen molar-refractivity contribution in [2.45, 2.75) is 4.70 Å². The molecular weight excluding hydrogens is 246 g/mol. The molecule has 0 aromatic heterocycles. The van der Waals surface area contributed by atoms with E-state index in [1.54, 1.807) is 0 Å². The maximum Gasteiger partial charge on any atom is 0.258 e. The Balaban J connectivity index is 2.36. The topological polar surface area (TPSA) is 18.5 Å². The third kappa shape index (κ3) is 1.47. The van der Waals surface area contributed by atoms with Crippen LogP contribution in [0.1, 0.15) is 5.56 Å². The van der Waals surface area contributed by atoms with Crippen molar-refractivity contribution >= 4 is 15.9 Å². The van der Waals surface area contributed by atoms with E-state index >= 15 is 0 Å². The van der Waals surface area contributed by atoms with E-state index < -0.39 is 16.3 Å². The predicted octanol–water partition coefficient (Wildman–Crippen LogP) is 2.47. The molecule has 0 unspecified atom stereocenters. The number of ether oxygens (including phenoxy) is 2. The molecule has 70 valence electrons. The first-order valence-electron chi connectivity index (χ1n) is 3.54. The smallest absolute Gasteiger partial charge is 0.258 e. The number of hydrogen-bond acceptors (Lipinski definition) is 2. The quantitative estimate of drug-likeness (QED) is 0.714. The van der Waals surface area contributed by atoms with Gasteiger partial charge in [0.25, 0.3) is 4.70 Å². The molecule has 13 heavy (non-hydrogen) atoms. The van der Waals surface area contributed by atoms with Crippen LogP contribution in [-0.2, 0) is 14.2 Å². The zero-order valence-corrected chi connectivity index (χ0v) is 7.98. The molecule has 0 spiro atoms. The van der Waals surface area contributed by atoms with Gasteiger partial charge in [-0.3, -0.25) is 0 Å². The number of benzene rings is 1. The number of hydrogen-bond donors (Lipinski definition) is 0. The Morgan fingerprint density at radius 3 is 2.38 bits per heavy atom. The summed E-state index contributed by atoms with van der Waals surface area (Å²) < 4.78 is 34.2. The van der Waals surface area contributed by atoms with Gasteiger partial charge in [-0.1, -0.05) is 0 Å². The first kappa shape index (κ1) is 9.05. The van der Waals surface area contributed by atoms with Crippen LogP contribution in [0.4, 0.5) is 8.78 Å². The zero-order chi connectivity index (χ0) is 9.47. The molecule has 1 aromatic carbocycles. The predicted molar refractivity (Wildman–Crippen MR) is 44.0 cm³/mol. The van der Waals surface area contributed by atoms with Crippen LogP contribution < -0.4 is 0 Å². The summed E-state index contributed by atoms with van der Waals surface area (Å²) in [5, 5.41) is 0. The van der Waals surface area contributed by atoms with Crippen LogP contribution in [0.25, 0.3) is 0 Å². The Kier molecular flexibility index (Phi) is 2.09. The molecule has 0 N–H and O–H groups in total. The molecule has 1 heterocycles. The van der Waals surface area contributed by atoms with Crippen molar-refractivity contribution in [1.82, 2.24) is 0 Å². The maximum absolute atomic E-state index is 12.8. The number of halogens is 3. The zero-order valence-electron chi connectivity index (χ0n) is 6.39. The van der Waals surface area contributed by atoms with Gasteiger partial charge in [0.15, 0.2) is 18.4 Å². The second-order valence-corrected chi connectivity index (χ2v) is 3.62. The highest BCUT2D eigenvalue weighted by atomic mass is 79.9. The highest BCUT2D eigenvalue weighted by Crippen LogP contribution is 2.40. The summed E-state index contributed by atoms with van der Waals surface area (Å²) in [4.78, 5) is 0. The molecule has 0 saturated carbocycles. The molecule has 0 atom stereocenters. The van der Waals surface area contributed by atoms with E-state index in [9.17, 15) is 8.78 Å². The van der Waals surface area contributed by atoms with Crippen molar-refractivity contribution in [2.24, 2.45) is 0 Å². The second-order valence-electron chi connectivity index (χ2n) is 2.57. The van der Waals surface area contributed by atoms with E-state index in [-0.39, 0.29) is 6.79 Å². The molecule has 1 aliphatic heterocycles. The maximum atomic E-state index is 12.8. The van der Waals surface area contributed by atoms with Crippen LogP contribution in [-0.4, -0.2) is 6.79 Å². The molecule has 2 nitrogen and oxygen atoms in total. The first-order valence-corrected chi connectivity index (χ1v) is 4.33. The van der Waals surface area contributed by atoms with Crippen LogP contribution in [0, 0.1) is 11.6 Å². The summed E-state index contributed by atoms with van der Waals surface area (Å²) in [6.45, 7) is 0.143. The van der Waals surface area contributed by atoms with Crippen molar-refractivity contribution in [3.8, 4) is 0 Å². The fourth-order valence-electron chi connectivity index (χ4n) is 1.01. The number of alkyl halides is 1. The van der Waals surface area contributed by atoms with Gasteiger partial charge in [-0.25, -0.2) is 8.78 Å². The van der Waals surface area contributed by atoms with Gasteiger partial charge >= 0.3 is 0 Å². The van der Waals surface area contributed by atoms with Gasteiger partial charge in [-0.15, -0.1) is 0 Å². The lowest BCUT2D eigenvalue weighted by atomic mass is 10.2. The van der Waals surface area contributed by atoms with Gasteiger partial charge in [-0.2, -0.15) is 0 Å². The fourth-order valence-corrected chi connectivity index (χ4v) is 1.44. The molecule has 0 radical (unpaired) electrons. The largest absolute Gasteiger partial charge is 0.310 e. The lowest BCUT2D eigenvalue weighted by Gasteiger charge is -2.36. The molecule has 1 fully saturated rings. The van der Waals surface area contributed by atoms with E-state index in [2.05, 4.69) is 15.9 Å². The van der Waals surface area contributed by atoms with Crippen molar-refractivity contribution in [1.29, 1.82) is 0 Å². The first-order chi connectivity index (χ1) is 6.12. The fraction of sp³-hybridized carbons (Fsp3) is 0.250. The summed E-state index contributed by atoms with van der Waals surface area (Å²) in [5.74, 6) is -1.81. The normalized spacial score (nSPS) is 19.6. The van der Waals surface area contributed by atoms with Gasteiger partial charge in [-0.05, 0) is 34.1 Å². The monoisotopic (exact) mass is 250 g/mol. The summed E-state index contributed by atoms with van der Waals surface area (Å²) in [6.07, 6.45) is 0. The average molecular weight is 251 g/mol. The van der Waals surface area contributed by atoms with Crippen molar-refractivity contribution in [3.05, 3.63) is 35.4 Å². The highest BCUT2D eigenvalue weighted by molar-refractivity contribution is 9.09. The summed E-state index contributed by atoms with van der Waals surface area (Å²) in [5.41, 5.74) is 0.401. The van der Waals surface area contributed by atoms with Crippen molar-refractivity contribution in [3.63, 3.8) is 0 Å². The van der Waals surface area contributed by atoms with Gasteiger partial charge in [0, 0.05) is 5.56 Å². The Morgan fingerprint density at radius 1 is 1.23 bits per heavy atom. The third-order valence-electron chi connectivity index (χ3n) is 1.75. The summed E-state index contributed by atoms with van der Waals surface area (Å²) in [6, 6.07) is 3.45. The van der Waals surface area contributed by atoms with E-state index in [1.165, 1.54) is 6.07 Å². The van der Waals surface area contributed by atoms with E-state index in [1.807, 2.05) is 0 Å². The lowest BCUT2D eigenvalue weighted by Crippen LogP contribution is -2.38. The minimum Gasteiger partial charge on any atom is -0.310 e. The van der Waals surface area contributed by atoms with E-state index in [0.29, 0.717) is 5.56 Å². The molecule has 0 amide bonds. The van der Waals surface area contributed by atoms with Crippen LogP contribution in [0.3, 0.4) is 0 Å². The molecule has 5 heteroatoms. The average Bonchev–Trinajstić information content (AvgIpc) is 2.06. The van der Waals surface area contributed by atoms with Crippen LogP contribution in [0.15, 0.2) is 18.2 Å². The minimum absolute atomic E-state index is 0.143. The Labute approximate surface area is 81.6 Å². The Morgan fingerprint density at radius 2 is 1.92 bits per heavy atom. The molecule has 2 rings (SSSR count). The Hall–Kier alpha value is -0.520. The number of rotatable bonds is 1.